The molecule has 0 aromatic carbocycles. The molecule has 0 radical (unpaired) electrons. The summed E-state index contributed by atoms with van der Waals surface area (Å²) >= 11 is 0. The van der Waals surface area contributed by atoms with Crippen molar-refractivity contribution in [1.29, 1.82) is 0 Å². The normalized spacial score (nSPS) is 24.1. The van der Waals surface area contributed by atoms with E-state index in [1.54, 1.807) is 0 Å². The zero-order valence-corrected chi connectivity index (χ0v) is 11.3. The number of carbonyl (C=O) groups is 3. The number of nitrogens with one attached hydrogen (secondary N) is 2. The van der Waals surface area contributed by atoms with Gasteiger partial charge in [-0.1, -0.05) is 6.07 Å². The number of hydrogen-bond acceptors (Lipinski definition) is 5. The quantitative estimate of drug-likeness (QED) is 0.478. The van der Waals surface area contributed by atoms with Crippen LogP contribution in [0.1, 0.15) is 28.4 Å². The molecule has 0 saturated carbocycles. The summed E-state index contributed by atoms with van der Waals surface area (Å²) in [6, 6.07) is 1.43. The molecule has 0 amide bonds. The highest BCUT2D eigenvalue weighted by Crippen LogP contribution is 2.33. The molecule has 3 atom stereocenters. The smallest absolute Gasteiger partial charge is 0.352 e. The van der Waals surface area contributed by atoms with Gasteiger partial charge in [0.25, 0.3) is 5.56 Å². The summed E-state index contributed by atoms with van der Waals surface area (Å²) in [5.41, 5.74) is -0.773. The third-order valence-corrected chi connectivity index (χ3v) is 3.75. The van der Waals surface area contributed by atoms with Crippen LogP contribution in [0.15, 0.2) is 16.9 Å². The predicted octanol–water partition coefficient (Wildman–Crippen LogP) is -0.696. The van der Waals surface area contributed by atoms with Gasteiger partial charge in [0, 0.05) is 23.9 Å². The second-order valence-corrected chi connectivity index (χ2v) is 5.05. The third kappa shape index (κ3) is 2.98. The van der Waals surface area contributed by atoms with Gasteiger partial charge in [0.15, 0.2) is 0 Å². The number of H-pyrrole nitrogens is 1. The Balaban J connectivity index is 2.38. The van der Waals surface area contributed by atoms with Gasteiger partial charge in [0.2, 0.25) is 0 Å². The molecule has 9 nitrogen and oxygen atoms in total. The minimum absolute atomic E-state index is 0.129. The topological polar surface area (TPSA) is 157 Å². The van der Waals surface area contributed by atoms with E-state index >= 15 is 0 Å². The lowest BCUT2D eigenvalue weighted by atomic mass is 9.83. The Labute approximate surface area is 123 Å². The van der Waals surface area contributed by atoms with Crippen molar-refractivity contribution in [2.24, 2.45) is 5.92 Å². The zero-order valence-electron chi connectivity index (χ0n) is 11.3. The van der Waals surface area contributed by atoms with Crippen molar-refractivity contribution in [1.82, 2.24) is 10.3 Å². The molecular formula is C13H14N2O7. The number of aromatic nitrogens is 1. The highest BCUT2D eigenvalue weighted by molar-refractivity contribution is 5.85. The molecular weight excluding hydrogens is 296 g/mol. The Hall–Kier alpha value is -2.68. The molecule has 1 aromatic heterocycles. The van der Waals surface area contributed by atoms with Crippen molar-refractivity contribution in [2.45, 2.75) is 18.4 Å². The molecule has 1 aliphatic rings. The molecule has 0 bridgehead atoms. The summed E-state index contributed by atoms with van der Waals surface area (Å²) in [7, 11) is 0. The zero-order chi connectivity index (χ0) is 16.4. The number of carboxylic acids is 3. The van der Waals surface area contributed by atoms with Crippen LogP contribution in [-0.2, 0) is 9.59 Å². The summed E-state index contributed by atoms with van der Waals surface area (Å²) < 4.78 is 0. The van der Waals surface area contributed by atoms with Gasteiger partial charge in [0.05, 0.1) is 6.42 Å². The van der Waals surface area contributed by atoms with Crippen LogP contribution in [0.5, 0.6) is 0 Å². The van der Waals surface area contributed by atoms with Crippen LogP contribution < -0.4 is 10.9 Å². The summed E-state index contributed by atoms with van der Waals surface area (Å²) in [6.45, 7) is 0.129. The van der Waals surface area contributed by atoms with E-state index in [0.29, 0.717) is 0 Å². The number of aromatic carboxylic acids is 1. The molecule has 118 valence electrons. The standard InChI is InChI=1S/C13H14N2O7/c16-9(17)3-6-7(4-14-10(6)13(21)22)5-1-2-8(12(19)20)15-11(5)18/h1-2,6-7,10,14H,3-4H2,(H,15,18)(H,16,17)(H,19,20)(H,21,22)/t6-,7+,10?/m0/s1. The molecule has 1 saturated heterocycles. The molecule has 1 aromatic rings. The number of hydrogen-bond donors (Lipinski definition) is 5. The van der Waals surface area contributed by atoms with E-state index in [1.807, 2.05) is 0 Å². The molecule has 2 heterocycles. The molecule has 22 heavy (non-hydrogen) atoms. The minimum atomic E-state index is -1.29. The van der Waals surface area contributed by atoms with E-state index in [9.17, 15) is 19.2 Å². The molecule has 5 N–H and O–H groups in total. The van der Waals surface area contributed by atoms with Crippen molar-refractivity contribution < 1.29 is 29.7 Å². The fraction of sp³-hybridized carbons (Fsp3) is 0.385. The fourth-order valence-electron chi connectivity index (χ4n) is 2.76. The molecule has 0 spiro atoms. The van der Waals surface area contributed by atoms with Crippen LogP contribution in [-0.4, -0.2) is 50.8 Å². The van der Waals surface area contributed by atoms with Gasteiger partial charge in [-0.25, -0.2) is 4.79 Å². The summed E-state index contributed by atoms with van der Waals surface area (Å²) in [6.07, 6.45) is -0.408. The van der Waals surface area contributed by atoms with Crippen molar-refractivity contribution in [3.05, 3.63) is 33.7 Å². The van der Waals surface area contributed by atoms with Gasteiger partial charge in [-0.15, -0.1) is 0 Å². The summed E-state index contributed by atoms with van der Waals surface area (Å²) in [5.74, 6) is -5.06. The second-order valence-electron chi connectivity index (χ2n) is 5.05. The van der Waals surface area contributed by atoms with Gasteiger partial charge < -0.3 is 25.6 Å². The first-order chi connectivity index (χ1) is 10.3. The molecule has 9 heteroatoms. The maximum Gasteiger partial charge on any atom is 0.352 e. The monoisotopic (exact) mass is 310 g/mol. The number of aliphatic carboxylic acids is 2. The van der Waals surface area contributed by atoms with Crippen molar-refractivity contribution in [2.75, 3.05) is 6.54 Å². The Bertz CT molecular complexity index is 681. The lowest BCUT2D eigenvalue weighted by Crippen LogP contribution is -2.37. The number of rotatable bonds is 5. The van der Waals surface area contributed by atoms with E-state index < -0.39 is 47.8 Å². The average molecular weight is 310 g/mol. The molecule has 1 fully saturated rings. The summed E-state index contributed by atoms with van der Waals surface area (Å²) in [5, 5.41) is 29.6. The van der Waals surface area contributed by atoms with Gasteiger partial charge in [-0.2, -0.15) is 0 Å². The van der Waals surface area contributed by atoms with Crippen LogP contribution in [0.25, 0.3) is 0 Å². The van der Waals surface area contributed by atoms with Crippen molar-refractivity contribution in [3.8, 4) is 0 Å². The Morgan fingerprint density at radius 3 is 2.36 bits per heavy atom. The van der Waals surface area contributed by atoms with Crippen molar-refractivity contribution >= 4 is 17.9 Å². The van der Waals surface area contributed by atoms with Crippen LogP contribution in [0.3, 0.4) is 0 Å². The SMILES string of the molecule is O=C(O)C[C@@H]1C(C(=O)O)NC[C@@H]1c1ccc(C(=O)O)[nH]c1=O. The molecule has 0 aliphatic carbocycles. The Morgan fingerprint density at radius 2 is 1.86 bits per heavy atom. The molecule has 1 unspecified atom stereocenters. The van der Waals surface area contributed by atoms with Crippen LogP contribution in [0.2, 0.25) is 0 Å². The highest BCUT2D eigenvalue weighted by atomic mass is 16.4. The van der Waals surface area contributed by atoms with Crippen LogP contribution >= 0.6 is 0 Å². The summed E-state index contributed by atoms with van der Waals surface area (Å²) in [4.78, 5) is 47.1. The maximum absolute atomic E-state index is 12.0. The molecule has 2 rings (SSSR count). The fourth-order valence-corrected chi connectivity index (χ4v) is 2.76. The van der Waals surface area contributed by atoms with Crippen molar-refractivity contribution in [3.63, 3.8) is 0 Å². The third-order valence-electron chi connectivity index (χ3n) is 3.75. The number of carboxylic acid groups (broad SMARTS) is 3. The van der Waals surface area contributed by atoms with Gasteiger partial charge in [0.1, 0.15) is 11.7 Å². The van der Waals surface area contributed by atoms with E-state index in [-0.39, 0.29) is 17.8 Å². The van der Waals surface area contributed by atoms with Gasteiger partial charge in [-0.3, -0.25) is 14.4 Å². The first-order valence-corrected chi connectivity index (χ1v) is 6.45. The highest BCUT2D eigenvalue weighted by Gasteiger charge is 2.42. The van der Waals surface area contributed by atoms with E-state index in [4.69, 9.17) is 15.3 Å². The second kappa shape index (κ2) is 5.98. The predicted molar refractivity (Wildman–Crippen MR) is 71.9 cm³/mol. The average Bonchev–Trinajstić information content (AvgIpc) is 2.81. The van der Waals surface area contributed by atoms with E-state index in [0.717, 1.165) is 0 Å². The Kier molecular flexibility index (Phi) is 4.27. The largest absolute Gasteiger partial charge is 0.481 e. The lowest BCUT2D eigenvalue weighted by molar-refractivity contribution is -0.142. The van der Waals surface area contributed by atoms with Gasteiger partial charge in [-0.05, 0) is 6.07 Å². The van der Waals surface area contributed by atoms with E-state index in [2.05, 4.69) is 10.3 Å². The number of aromatic amines is 1. The van der Waals surface area contributed by atoms with Crippen LogP contribution in [0.4, 0.5) is 0 Å². The van der Waals surface area contributed by atoms with Gasteiger partial charge >= 0.3 is 17.9 Å². The first-order valence-electron chi connectivity index (χ1n) is 6.45. The van der Waals surface area contributed by atoms with Crippen LogP contribution in [0, 0.1) is 5.92 Å². The molecule has 1 aliphatic heterocycles. The number of pyridine rings is 1. The first kappa shape index (κ1) is 15.7. The minimum Gasteiger partial charge on any atom is -0.481 e. The Morgan fingerprint density at radius 1 is 1.18 bits per heavy atom. The maximum atomic E-state index is 12.0. The lowest BCUT2D eigenvalue weighted by Gasteiger charge is -2.19. The van der Waals surface area contributed by atoms with E-state index in [1.165, 1.54) is 12.1 Å².